The minimum absolute atomic E-state index is 0.0427. The third kappa shape index (κ3) is 11.0. The molecular weight excluding hydrogens is 985 g/mol. The van der Waals surface area contributed by atoms with Gasteiger partial charge in [0.15, 0.2) is 12.5 Å². The van der Waals surface area contributed by atoms with Crippen LogP contribution >= 0.6 is 0 Å². The first-order valence-electron chi connectivity index (χ1n) is 25.6. The maximum absolute atomic E-state index is 12.7. The maximum Gasteiger partial charge on any atom is 0.335 e. The molecule has 0 aliphatic carbocycles. The van der Waals surface area contributed by atoms with E-state index in [2.05, 4.69) is 127 Å². The average molecular weight is 1070 g/mol. The summed E-state index contributed by atoms with van der Waals surface area (Å²) in [6.45, 7) is 37.8. The summed E-state index contributed by atoms with van der Waals surface area (Å²) >= 11 is 0. The standard InChI is InChI=1S/C24H44N2O8Si2.C24H42N2O7Si2/c1-15(2)35(16(3)4)31-14-19-21(33-36(34-35,17(5)6)18(7)8)24(30,11-9-13-27)22(32-19)26-12-10-20(28)25-23(26)29;1-10-12-24(29)21-19(31-22(24)26-13-11-20(27)25-23(26)28)14-30-34(15(2)3,16(4)5)33-35(32-21,17(6)7)18(8)9/h10,12,15-19,21-22,27,30H,9,11,13-14H2,1-8H3,(H,25,28,29);10-11,13,15-19,21-22,29H,1,12,14H2,2-9H3,(H,25,27,28)/t2*19?,21-,22?,24-/m11/s1. The Morgan fingerprint density at radius 3 is 1.25 bits per heavy atom. The van der Waals surface area contributed by atoms with Crippen LogP contribution < -0.4 is 22.5 Å². The van der Waals surface area contributed by atoms with Gasteiger partial charge in [0.05, 0.1) is 13.2 Å². The van der Waals surface area contributed by atoms with Crippen molar-refractivity contribution in [1.82, 2.24) is 19.1 Å². The van der Waals surface area contributed by atoms with Gasteiger partial charge in [0.25, 0.3) is 11.1 Å². The average Bonchev–Trinajstić information content (AvgIpc) is 3.66. The van der Waals surface area contributed by atoms with Crippen molar-refractivity contribution < 1.29 is 50.7 Å². The van der Waals surface area contributed by atoms with Crippen LogP contribution in [-0.4, -0.2) is 124 Å². The van der Waals surface area contributed by atoms with Gasteiger partial charge in [0, 0.05) is 37.6 Å². The zero-order valence-corrected chi connectivity index (χ0v) is 49.1. The Kier molecular flexibility index (Phi) is 19.1. The van der Waals surface area contributed by atoms with E-state index in [0.717, 1.165) is 0 Å². The topological polar surface area (TPSA) is 244 Å². The Balaban J connectivity index is 0.000000264. The molecule has 0 bridgehead atoms. The number of aromatic nitrogens is 4. The van der Waals surface area contributed by atoms with Crippen LogP contribution in [0.1, 0.15) is 142 Å². The predicted molar refractivity (Wildman–Crippen MR) is 279 cm³/mol. The van der Waals surface area contributed by atoms with Crippen LogP contribution in [0.4, 0.5) is 0 Å². The van der Waals surface area contributed by atoms with Gasteiger partial charge in [-0.3, -0.25) is 28.7 Å². The number of aromatic amines is 2. The van der Waals surface area contributed by atoms with Crippen LogP contribution in [0.5, 0.6) is 0 Å². The van der Waals surface area contributed by atoms with Crippen LogP contribution in [-0.2, 0) is 35.4 Å². The van der Waals surface area contributed by atoms with Crippen LogP contribution in [0.15, 0.2) is 56.4 Å². The molecule has 23 heteroatoms. The number of hydrogen-bond donors (Lipinski definition) is 5. The van der Waals surface area contributed by atoms with Crippen molar-refractivity contribution in [3.05, 3.63) is 78.9 Å². The highest BCUT2D eigenvalue weighted by molar-refractivity contribution is 6.84. The fourth-order valence-corrected chi connectivity index (χ4v) is 33.9. The summed E-state index contributed by atoms with van der Waals surface area (Å²) in [5.74, 6) is 0. The lowest BCUT2D eigenvalue weighted by molar-refractivity contribution is -0.116. The molecule has 0 amide bonds. The molecule has 4 aliphatic rings. The number of nitrogens with zero attached hydrogens (tertiary/aromatic N) is 2. The molecule has 0 radical (unpaired) electrons. The van der Waals surface area contributed by atoms with Crippen molar-refractivity contribution in [2.75, 3.05) is 19.8 Å². The van der Waals surface area contributed by atoms with Gasteiger partial charge in [-0.2, -0.15) is 0 Å². The minimum atomic E-state index is -3.06. The maximum atomic E-state index is 12.7. The van der Waals surface area contributed by atoms with Gasteiger partial charge in [0.2, 0.25) is 0 Å². The van der Waals surface area contributed by atoms with E-state index in [-0.39, 0.29) is 83.4 Å². The van der Waals surface area contributed by atoms with Crippen molar-refractivity contribution >= 4 is 34.2 Å². The zero-order chi connectivity index (χ0) is 53.4. The van der Waals surface area contributed by atoms with Crippen LogP contribution in [0.3, 0.4) is 0 Å². The first kappa shape index (κ1) is 59.4. The van der Waals surface area contributed by atoms with E-state index in [0.29, 0.717) is 0 Å². The molecular formula is C48H86N4O15Si4. The summed E-state index contributed by atoms with van der Waals surface area (Å²) < 4.78 is 57.1. The van der Waals surface area contributed by atoms with Crippen molar-refractivity contribution in [3.63, 3.8) is 0 Å². The van der Waals surface area contributed by atoms with E-state index in [9.17, 15) is 34.5 Å². The molecule has 0 aromatic carbocycles. The molecule has 4 aliphatic heterocycles. The number of nitrogens with one attached hydrogen (secondary N) is 2. The molecule has 19 nitrogen and oxygen atoms in total. The van der Waals surface area contributed by atoms with Crippen molar-refractivity contribution in [2.24, 2.45) is 0 Å². The Labute approximate surface area is 423 Å². The molecule has 0 spiro atoms. The van der Waals surface area contributed by atoms with E-state index >= 15 is 0 Å². The molecule has 2 aromatic rings. The lowest BCUT2D eigenvalue weighted by Gasteiger charge is -2.52. The third-order valence-corrected chi connectivity index (χ3v) is 35.6. The first-order chi connectivity index (χ1) is 33.0. The lowest BCUT2D eigenvalue weighted by Crippen LogP contribution is -2.67. The van der Waals surface area contributed by atoms with E-state index in [1.807, 2.05) is 0 Å². The van der Waals surface area contributed by atoms with Crippen molar-refractivity contribution in [2.45, 2.75) is 222 Å². The number of hydrogen-bond acceptors (Lipinski definition) is 15. The summed E-state index contributed by atoms with van der Waals surface area (Å²) in [5.41, 5.74) is -4.86. The van der Waals surface area contributed by atoms with E-state index in [4.69, 9.17) is 35.4 Å². The highest BCUT2D eigenvalue weighted by atomic mass is 28.5. The third-order valence-electron chi connectivity index (χ3n) is 15.2. The van der Waals surface area contributed by atoms with Gasteiger partial charge in [-0.25, -0.2) is 9.59 Å². The Morgan fingerprint density at radius 2 is 0.944 bits per heavy atom. The Bertz CT molecular complexity index is 2320. The second-order valence-electron chi connectivity index (χ2n) is 22.4. The second-order valence-corrected chi connectivity index (χ2v) is 40.1. The van der Waals surface area contributed by atoms with E-state index in [1.165, 1.54) is 33.7 Å². The van der Waals surface area contributed by atoms with E-state index < -0.39 is 105 Å². The van der Waals surface area contributed by atoms with Gasteiger partial charge in [-0.1, -0.05) is 117 Å². The quantitative estimate of drug-likeness (QED) is 0.0933. The number of aliphatic hydroxyl groups is 3. The van der Waals surface area contributed by atoms with Crippen LogP contribution in [0.25, 0.3) is 0 Å². The fourth-order valence-electron chi connectivity index (χ4n) is 11.4. The highest BCUT2D eigenvalue weighted by Gasteiger charge is 2.67. The van der Waals surface area contributed by atoms with Crippen molar-refractivity contribution in [1.29, 1.82) is 0 Å². The summed E-state index contributed by atoms with van der Waals surface area (Å²) in [7, 11) is -11.7. The monoisotopic (exact) mass is 1070 g/mol. The molecule has 6 rings (SSSR count). The molecule has 8 atom stereocenters. The smallest absolute Gasteiger partial charge is 0.335 e. The van der Waals surface area contributed by atoms with Gasteiger partial charge in [-0.05, 0) is 57.2 Å². The normalized spacial score (nSPS) is 30.3. The second kappa shape index (κ2) is 22.8. The predicted octanol–water partition coefficient (Wildman–Crippen LogP) is 6.59. The lowest BCUT2D eigenvalue weighted by atomic mass is 9.89. The Hall–Kier alpha value is -2.47. The highest BCUT2D eigenvalue weighted by Crippen LogP contribution is 2.53. The number of H-pyrrole nitrogens is 2. The molecule has 0 saturated carbocycles. The largest absolute Gasteiger partial charge is 0.414 e. The van der Waals surface area contributed by atoms with E-state index in [1.54, 1.807) is 6.08 Å². The molecule has 4 fully saturated rings. The molecule has 4 unspecified atom stereocenters. The summed E-state index contributed by atoms with van der Waals surface area (Å²) in [6.07, 6.45) is -0.436. The van der Waals surface area contributed by atoms with Gasteiger partial charge in [0.1, 0.15) is 35.6 Å². The number of fused-ring (bicyclic) bond motifs is 2. The first-order valence-corrected chi connectivity index (χ1v) is 33.5. The minimum Gasteiger partial charge on any atom is -0.414 e. The molecule has 4 saturated heterocycles. The summed E-state index contributed by atoms with van der Waals surface area (Å²) in [5, 5.41) is 33.9. The zero-order valence-electron chi connectivity index (χ0n) is 45.1. The molecule has 6 heterocycles. The fraction of sp³-hybridized carbons (Fsp3) is 0.792. The SMILES string of the molecule is C=CC[C@]1(O)C(n2ccc(=O)[nH]c2=O)OC2CO[Si](C(C)C)(C(C)C)O[Si](C(C)C)(C(C)C)O[C@H]21.CC(C)[Si]1(C(C)C)OCC2OC(n3ccc(=O)[nH]c3=O)[C@@](O)(CCCO)[C@@H]2O[Si](C(C)C)(C(C)C)O1. The number of ether oxygens (including phenoxy) is 2. The van der Waals surface area contributed by atoms with Crippen LogP contribution in [0, 0.1) is 0 Å². The molecule has 404 valence electrons. The molecule has 71 heavy (non-hydrogen) atoms. The number of aliphatic hydroxyl groups excluding tert-OH is 1. The van der Waals surface area contributed by atoms with Gasteiger partial charge in [-0.15, -0.1) is 6.58 Å². The van der Waals surface area contributed by atoms with Gasteiger partial charge >= 0.3 is 45.6 Å². The van der Waals surface area contributed by atoms with Crippen LogP contribution in [0.2, 0.25) is 44.3 Å². The molecule has 5 N–H and O–H groups in total. The number of rotatable bonds is 15. The molecule has 2 aromatic heterocycles. The van der Waals surface area contributed by atoms with Crippen molar-refractivity contribution in [3.8, 4) is 0 Å². The Morgan fingerprint density at radius 1 is 0.606 bits per heavy atom. The van der Waals surface area contributed by atoms with Gasteiger partial charge < -0.3 is 50.7 Å². The summed E-state index contributed by atoms with van der Waals surface area (Å²) in [6, 6.07) is 2.45. The summed E-state index contributed by atoms with van der Waals surface area (Å²) in [4.78, 5) is 53.3.